The lowest BCUT2D eigenvalue weighted by molar-refractivity contribution is 0.148. The molecule has 15 heavy (non-hydrogen) atoms. The maximum absolute atomic E-state index is 5.96. The predicted molar refractivity (Wildman–Crippen MR) is 61.4 cm³/mol. The van der Waals surface area contributed by atoms with Gasteiger partial charge in [0.2, 0.25) is 0 Å². The van der Waals surface area contributed by atoms with Gasteiger partial charge in [-0.3, -0.25) is 4.68 Å². The van der Waals surface area contributed by atoms with E-state index in [-0.39, 0.29) is 6.04 Å². The fraction of sp³-hybridized carbons (Fsp3) is 0.700. The molecular weight excluding hydrogens is 214 g/mol. The summed E-state index contributed by atoms with van der Waals surface area (Å²) in [7, 11) is 1.69. The third kappa shape index (κ3) is 3.48. The van der Waals surface area contributed by atoms with Crippen LogP contribution in [0.5, 0.6) is 0 Å². The average molecular weight is 232 g/mol. The van der Waals surface area contributed by atoms with Crippen LogP contribution < -0.4 is 5.32 Å². The van der Waals surface area contributed by atoms with E-state index in [4.69, 9.17) is 16.3 Å². The van der Waals surface area contributed by atoms with E-state index in [2.05, 4.69) is 17.3 Å². The van der Waals surface area contributed by atoms with Gasteiger partial charge >= 0.3 is 0 Å². The lowest BCUT2D eigenvalue weighted by atomic mass is 10.3. The molecule has 5 heteroatoms. The van der Waals surface area contributed by atoms with Gasteiger partial charge in [-0.1, -0.05) is 18.5 Å². The molecule has 0 spiro atoms. The van der Waals surface area contributed by atoms with Crippen LogP contribution in [0, 0.1) is 6.92 Å². The number of likely N-dealkylation sites (N-methyl/N-ethyl adjacent to an activating group) is 1. The molecule has 0 aliphatic carbocycles. The summed E-state index contributed by atoms with van der Waals surface area (Å²) in [5.74, 6) is 0. The minimum absolute atomic E-state index is 0.196. The maximum Gasteiger partial charge on any atom is 0.0877 e. The summed E-state index contributed by atoms with van der Waals surface area (Å²) < 4.78 is 7.03. The molecule has 0 aliphatic rings. The molecule has 0 fully saturated rings. The van der Waals surface area contributed by atoms with Crippen molar-refractivity contribution in [3.8, 4) is 0 Å². The first-order valence-corrected chi connectivity index (χ1v) is 5.47. The van der Waals surface area contributed by atoms with Crippen molar-refractivity contribution in [1.82, 2.24) is 15.1 Å². The van der Waals surface area contributed by atoms with Gasteiger partial charge in [0.1, 0.15) is 0 Å². The topological polar surface area (TPSA) is 39.1 Å². The van der Waals surface area contributed by atoms with Gasteiger partial charge in [-0.15, -0.1) is 0 Å². The van der Waals surface area contributed by atoms with E-state index in [9.17, 15) is 0 Å². The monoisotopic (exact) mass is 231 g/mol. The van der Waals surface area contributed by atoms with E-state index in [1.807, 2.05) is 17.8 Å². The van der Waals surface area contributed by atoms with Gasteiger partial charge in [-0.05, 0) is 13.5 Å². The highest BCUT2D eigenvalue weighted by molar-refractivity contribution is 6.31. The molecule has 0 aromatic carbocycles. The van der Waals surface area contributed by atoms with Crippen molar-refractivity contribution >= 4 is 11.6 Å². The Labute approximate surface area is 95.6 Å². The highest BCUT2D eigenvalue weighted by atomic mass is 35.5. The van der Waals surface area contributed by atoms with Crippen LogP contribution >= 0.6 is 11.6 Å². The Morgan fingerprint density at radius 3 is 2.87 bits per heavy atom. The molecule has 1 aromatic rings. The van der Waals surface area contributed by atoms with E-state index in [0.29, 0.717) is 11.6 Å². The van der Waals surface area contributed by atoms with Crippen molar-refractivity contribution in [3.05, 3.63) is 16.9 Å². The van der Waals surface area contributed by atoms with Gasteiger partial charge in [0, 0.05) is 19.9 Å². The molecule has 0 saturated heterocycles. The number of ether oxygens (including phenoxy) is 1. The molecule has 0 radical (unpaired) electrons. The summed E-state index contributed by atoms with van der Waals surface area (Å²) in [5, 5.41) is 8.32. The molecule has 0 bridgehead atoms. The smallest absolute Gasteiger partial charge is 0.0877 e. The van der Waals surface area contributed by atoms with E-state index in [1.54, 1.807) is 7.11 Å². The van der Waals surface area contributed by atoms with Crippen molar-refractivity contribution in [2.24, 2.45) is 0 Å². The van der Waals surface area contributed by atoms with Gasteiger partial charge in [0.15, 0.2) is 0 Å². The lowest BCUT2D eigenvalue weighted by Crippen LogP contribution is -2.28. The van der Waals surface area contributed by atoms with Crippen LogP contribution in [0.3, 0.4) is 0 Å². The molecule has 1 aromatic heterocycles. The molecule has 1 heterocycles. The van der Waals surface area contributed by atoms with E-state index in [0.717, 1.165) is 18.8 Å². The van der Waals surface area contributed by atoms with Crippen molar-refractivity contribution in [1.29, 1.82) is 0 Å². The van der Waals surface area contributed by atoms with Crippen LogP contribution in [0.2, 0.25) is 5.02 Å². The zero-order valence-corrected chi connectivity index (χ0v) is 10.2. The quantitative estimate of drug-likeness (QED) is 0.809. The summed E-state index contributed by atoms with van der Waals surface area (Å²) in [6.07, 6.45) is 1.85. The number of methoxy groups -OCH3 is 1. The first-order chi connectivity index (χ1) is 7.19. The second kappa shape index (κ2) is 6.10. The summed E-state index contributed by atoms with van der Waals surface area (Å²) >= 11 is 5.96. The first-order valence-electron chi connectivity index (χ1n) is 5.10. The molecule has 0 amide bonds. The molecular formula is C10H18ClN3O. The van der Waals surface area contributed by atoms with Gasteiger partial charge in [0.25, 0.3) is 0 Å². The number of nitrogens with one attached hydrogen (secondary N) is 1. The standard InChI is InChI=1S/C10H18ClN3O/c1-4-12-5-9(7-15-3)14-6-10(11)8(2)13-14/h6,9,12H,4-5,7H2,1-3H3. The fourth-order valence-electron chi connectivity index (χ4n) is 1.38. The summed E-state index contributed by atoms with van der Waals surface area (Å²) in [4.78, 5) is 0. The third-order valence-electron chi connectivity index (χ3n) is 2.22. The second-order valence-corrected chi connectivity index (χ2v) is 3.87. The minimum Gasteiger partial charge on any atom is -0.382 e. The third-order valence-corrected chi connectivity index (χ3v) is 2.59. The van der Waals surface area contributed by atoms with Crippen LogP contribution in [-0.4, -0.2) is 36.6 Å². The number of halogens is 1. The van der Waals surface area contributed by atoms with Gasteiger partial charge in [0.05, 0.1) is 23.4 Å². The van der Waals surface area contributed by atoms with E-state index in [1.165, 1.54) is 0 Å². The molecule has 4 nitrogen and oxygen atoms in total. The van der Waals surface area contributed by atoms with E-state index >= 15 is 0 Å². The summed E-state index contributed by atoms with van der Waals surface area (Å²) in [6.45, 7) is 6.38. The fourth-order valence-corrected chi connectivity index (χ4v) is 1.52. The highest BCUT2D eigenvalue weighted by Gasteiger charge is 2.12. The van der Waals surface area contributed by atoms with Crippen LogP contribution in [0.15, 0.2) is 6.20 Å². The van der Waals surface area contributed by atoms with Gasteiger partial charge < -0.3 is 10.1 Å². The molecule has 0 saturated carbocycles. The zero-order valence-electron chi connectivity index (χ0n) is 9.46. The number of aromatic nitrogens is 2. The number of nitrogens with zero attached hydrogens (tertiary/aromatic N) is 2. The molecule has 1 N–H and O–H groups in total. The summed E-state index contributed by atoms with van der Waals surface area (Å²) in [5.41, 5.74) is 0.856. The van der Waals surface area contributed by atoms with Crippen LogP contribution in [0.4, 0.5) is 0 Å². The largest absolute Gasteiger partial charge is 0.382 e. The number of hydrogen-bond donors (Lipinski definition) is 1. The maximum atomic E-state index is 5.96. The Morgan fingerprint density at radius 1 is 1.67 bits per heavy atom. The van der Waals surface area contributed by atoms with Crippen LogP contribution in [0.25, 0.3) is 0 Å². The normalized spacial score (nSPS) is 13.1. The Bertz CT molecular complexity index is 281. The van der Waals surface area contributed by atoms with Crippen molar-refractivity contribution in [2.45, 2.75) is 19.9 Å². The van der Waals surface area contributed by atoms with Gasteiger partial charge in [-0.25, -0.2) is 0 Å². The molecule has 86 valence electrons. The van der Waals surface area contributed by atoms with Crippen molar-refractivity contribution < 1.29 is 4.74 Å². The Morgan fingerprint density at radius 2 is 2.40 bits per heavy atom. The number of hydrogen-bond acceptors (Lipinski definition) is 3. The SMILES string of the molecule is CCNCC(COC)n1cc(Cl)c(C)n1. The van der Waals surface area contributed by atoms with Gasteiger partial charge in [-0.2, -0.15) is 5.10 Å². The molecule has 1 rings (SSSR count). The van der Waals surface area contributed by atoms with Crippen molar-refractivity contribution in [3.63, 3.8) is 0 Å². The average Bonchev–Trinajstić information content (AvgIpc) is 2.54. The van der Waals surface area contributed by atoms with E-state index < -0.39 is 0 Å². The molecule has 0 aliphatic heterocycles. The first kappa shape index (κ1) is 12.5. The number of rotatable bonds is 6. The summed E-state index contributed by atoms with van der Waals surface area (Å²) in [6, 6.07) is 0.196. The predicted octanol–water partition coefficient (Wildman–Crippen LogP) is 1.64. The zero-order chi connectivity index (χ0) is 11.3. The molecule has 1 atom stereocenters. The molecule has 1 unspecified atom stereocenters. The van der Waals surface area contributed by atoms with Crippen LogP contribution in [0.1, 0.15) is 18.7 Å². The number of aryl methyl sites for hydroxylation is 1. The lowest BCUT2D eigenvalue weighted by Gasteiger charge is -2.16. The second-order valence-electron chi connectivity index (χ2n) is 3.46. The Balaban J connectivity index is 2.69. The Hall–Kier alpha value is -0.580. The Kier molecular flexibility index (Phi) is 5.08. The van der Waals surface area contributed by atoms with Crippen molar-refractivity contribution in [2.75, 3.05) is 26.8 Å². The van der Waals surface area contributed by atoms with Crippen LogP contribution in [-0.2, 0) is 4.74 Å². The highest BCUT2D eigenvalue weighted by Crippen LogP contribution is 2.15. The minimum atomic E-state index is 0.196.